The van der Waals surface area contributed by atoms with Gasteiger partial charge in [-0.15, -0.1) is 0 Å². The first-order valence-electron chi connectivity index (χ1n) is 10.9. The fourth-order valence-corrected chi connectivity index (χ4v) is 3.62. The average molecular weight is 383 g/mol. The molecule has 1 aliphatic heterocycles. The van der Waals surface area contributed by atoms with Gasteiger partial charge in [-0.25, -0.2) is 4.99 Å². The monoisotopic (exact) mass is 382 g/mol. The third-order valence-corrected chi connectivity index (χ3v) is 5.05. The molecule has 0 amide bonds. The summed E-state index contributed by atoms with van der Waals surface area (Å²) in [6.07, 6.45) is 8.49. The van der Waals surface area contributed by atoms with E-state index in [2.05, 4.69) is 61.8 Å². The van der Waals surface area contributed by atoms with Crippen LogP contribution in [0.2, 0.25) is 0 Å². The standard InChI is InChI=1S/C24H38N4/c1-5-12-26-13-8-9-20-10-11-21-17-22(18-24(25)27-23(21)16-20)19(4)28(14-6-2)15-7-3/h10-11,16-17,26H,4-9,12-15,18H2,1-3H3,(H2,25,27). The number of fused-ring (bicyclic) bond motifs is 1. The fraction of sp³-hybridized carbons (Fsp3) is 0.542. The summed E-state index contributed by atoms with van der Waals surface area (Å²) in [5.74, 6) is 0.667. The van der Waals surface area contributed by atoms with E-state index < -0.39 is 0 Å². The molecule has 0 saturated heterocycles. The van der Waals surface area contributed by atoms with Crippen LogP contribution in [0.15, 0.2) is 41.0 Å². The largest absolute Gasteiger partial charge is 0.387 e. The highest BCUT2D eigenvalue weighted by Gasteiger charge is 2.16. The third kappa shape index (κ3) is 6.52. The number of nitrogens with two attached hydrogens (primary N) is 1. The summed E-state index contributed by atoms with van der Waals surface area (Å²) >= 11 is 0. The molecule has 4 heteroatoms. The van der Waals surface area contributed by atoms with Crippen molar-refractivity contribution in [2.75, 3.05) is 26.2 Å². The lowest BCUT2D eigenvalue weighted by Crippen LogP contribution is -2.26. The molecule has 0 aromatic heterocycles. The Hall–Kier alpha value is -2.07. The summed E-state index contributed by atoms with van der Waals surface area (Å²) in [6, 6.07) is 6.60. The summed E-state index contributed by atoms with van der Waals surface area (Å²) in [5, 5.41) is 3.46. The quantitative estimate of drug-likeness (QED) is 0.499. The lowest BCUT2D eigenvalue weighted by Gasteiger charge is -2.27. The van der Waals surface area contributed by atoms with Crippen molar-refractivity contribution in [3.05, 3.63) is 47.2 Å². The molecule has 1 aliphatic rings. The fourth-order valence-electron chi connectivity index (χ4n) is 3.62. The van der Waals surface area contributed by atoms with Crippen molar-refractivity contribution in [1.82, 2.24) is 10.2 Å². The van der Waals surface area contributed by atoms with Gasteiger partial charge in [-0.2, -0.15) is 0 Å². The highest BCUT2D eigenvalue weighted by molar-refractivity contribution is 5.91. The van der Waals surface area contributed by atoms with Gasteiger partial charge >= 0.3 is 0 Å². The molecule has 1 heterocycles. The van der Waals surface area contributed by atoms with Crippen LogP contribution in [0, 0.1) is 0 Å². The van der Waals surface area contributed by atoms with Crippen LogP contribution in [0.4, 0.5) is 5.69 Å². The van der Waals surface area contributed by atoms with Gasteiger partial charge in [0.2, 0.25) is 0 Å². The van der Waals surface area contributed by atoms with Crippen LogP contribution < -0.4 is 11.1 Å². The number of rotatable bonds is 12. The van der Waals surface area contributed by atoms with E-state index in [0.717, 1.165) is 68.8 Å². The van der Waals surface area contributed by atoms with Gasteiger partial charge < -0.3 is 16.0 Å². The first-order valence-corrected chi connectivity index (χ1v) is 10.9. The van der Waals surface area contributed by atoms with Crippen molar-refractivity contribution in [1.29, 1.82) is 0 Å². The minimum absolute atomic E-state index is 0.660. The highest BCUT2D eigenvalue weighted by atomic mass is 15.1. The molecule has 4 nitrogen and oxygen atoms in total. The van der Waals surface area contributed by atoms with Crippen LogP contribution in [-0.2, 0) is 6.42 Å². The number of allylic oxidation sites excluding steroid dienone is 1. The molecule has 2 rings (SSSR count). The zero-order valence-corrected chi connectivity index (χ0v) is 18.1. The lowest BCUT2D eigenvalue weighted by atomic mass is 10.0. The van der Waals surface area contributed by atoms with E-state index in [9.17, 15) is 0 Å². The maximum absolute atomic E-state index is 6.27. The molecule has 0 radical (unpaired) electrons. The van der Waals surface area contributed by atoms with Crippen LogP contribution in [-0.4, -0.2) is 36.9 Å². The van der Waals surface area contributed by atoms with Crippen LogP contribution in [0.3, 0.4) is 0 Å². The smallest absolute Gasteiger partial charge is 0.104 e. The Morgan fingerprint density at radius 2 is 1.89 bits per heavy atom. The Bertz CT molecular complexity index is 697. The van der Waals surface area contributed by atoms with E-state index in [1.807, 2.05) is 0 Å². The molecular weight excluding hydrogens is 344 g/mol. The number of hydrogen-bond donors (Lipinski definition) is 2. The van der Waals surface area contributed by atoms with Gasteiger partial charge in [0.05, 0.1) is 5.69 Å². The number of amidine groups is 1. The Kier molecular flexibility index (Phi) is 9.29. The number of nitrogens with one attached hydrogen (secondary N) is 1. The Morgan fingerprint density at radius 1 is 1.14 bits per heavy atom. The zero-order valence-electron chi connectivity index (χ0n) is 18.1. The van der Waals surface area contributed by atoms with E-state index in [0.29, 0.717) is 12.3 Å². The second-order valence-corrected chi connectivity index (χ2v) is 7.63. The molecule has 0 aliphatic carbocycles. The number of nitrogens with zero attached hydrogens (tertiary/aromatic N) is 2. The molecule has 0 spiro atoms. The van der Waals surface area contributed by atoms with Crippen LogP contribution in [0.5, 0.6) is 0 Å². The SMILES string of the molecule is C=C(C1=Cc2ccc(CCCNCCC)cc2N=C(N)C1)N(CCC)CCC. The van der Waals surface area contributed by atoms with E-state index in [1.165, 1.54) is 17.6 Å². The summed E-state index contributed by atoms with van der Waals surface area (Å²) < 4.78 is 0. The second-order valence-electron chi connectivity index (χ2n) is 7.63. The molecule has 3 N–H and O–H groups in total. The number of hydrogen-bond acceptors (Lipinski definition) is 4. The second kappa shape index (κ2) is 11.7. The van der Waals surface area contributed by atoms with Gasteiger partial charge in [-0.1, -0.05) is 39.5 Å². The molecule has 0 saturated carbocycles. The van der Waals surface area contributed by atoms with Gasteiger partial charge in [0.25, 0.3) is 0 Å². The summed E-state index contributed by atoms with van der Waals surface area (Å²) in [6.45, 7) is 15.2. The minimum Gasteiger partial charge on any atom is -0.387 e. The molecule has 0 bridgehead atoms. The summed E-state index contributed by atoms with van der Waals surface area (Å²) in [5.41, 5.74) is 12.0. The zero-order chi connectivity index (χ0) is 20.4. The van der Waals surface area contributed by atoms with Gasteiger partial charge in [-0.05, 0) is 68.5 Å². The van der Waals surface area contributed by atoms with Crippen molar-refractivity contribution in [3.63, 3.8) is 0 Å². The van der Waals surface area contributed by atoms with Crippen molar-refractivity contribution in [3.8, 4) is 0 Å². The average Bonchev–Trinajstić information content (AvgIpc) is 2.84. The first-order chi connectivity index (χ1) is 13.6. The molecular formula is C24H38N4. The van der Waals surface area contributed by atoms with Crippen molar-refractivity contribution in [2.45, 2.75) is 59.3 Å². The molecule has 0 unspecified atom stereocenters. The van der Waals surface area contributed by atoms with Crippen LogP contribution >= 0.6 is 0 Å². The van der Waals surface area contributed by atoms with E-state index in [-0.39, 0.29) is 0 Å². The predicted molar refractivity (Wildman–Crippen MR) is 123 cm³/mol. The Balaban J connectivity index is 2.16. The van der Waals surface area contributed by atoms with Crippen molar-refractivity contribution < 1.29 is 0 Å². The van der Waals surface area contributed by atoms with Gasteiger partial charge in [0.15, 0.2) is 0 Å². The predicted octanol–water partition coefficient (Wildman–Crippen LogP) is 5.03. The normalized spacial score (nSPS) is 13.4. The maximum atomic E-state index is 6.27. The van der Waals surface area contributed by atoms with Crippen molar-refractivity contribution >= 4 is 17.6 Å². The van der Waals surface area contributed by atoms with Gasteiger partial charge in [-0.3, -0.25) is 0 Å². The maximum Gasteiger partial charge on any atom is 0.104 e. The molecule has 0 atom stereocenters. The number of benzene rings is 1. The third-order valence-electron chi connectivity index (χ3n) is 5.05. The van der Waals surface area contributed by atoms with E-state index in [1.54, 1.807) is 0 Å². The van der Waals surface area contributed by atoms with Gasteiger partial charge in [0, 0.05) is 30.8 Å². The topological polar surface area (TPSA) is 53.6 Å². The highest BCUT2D eigenvalue weighted by Crippen LogP contribution is 2.31. The lowest BCUT2D eigenvalue weighted by molar-refractivity contribution is 0.351. The number of aryl methyl sites for hydroxylation is 1. The number of aliphatic imine (C=N–C) groups is 1. The molecule has 28 heavy (non-hydrogen) atoms. The van der Waals surface area contributed by atoms with Crippen molar-refractivity contribution in [2.24, 2.45) is 10.7 Å². The molecule has 0 fully saturated rings. The van der Waals surface area contributed by atoms with E-state index >= 15 is 0 Å². The Labute approximate surface area is 171 Å². The Morgan fingerprint density at radius 3 is 2.57 bits per heavy atom. The summed E-state index contributed by atoms with van der Waals surface area (Å²) in [7, 11) is 0. The molecule has 154 valence electrons. The molecule has 1 aromatic rings. The first kappa shape index (κ1) is 22.2. The van der Waals surface area contributed by atoms with Crippen LogP contribution in [0.1, 0.15) is 64.0 Å². The molecule has 1 aromatic carbocycles. The van der Waals surface area contributed by atoms with Gasteiger partial charge in [0.1, 0.15) is 5.84 Å². The van der Waals surface area contributed by atoms with Crippen LogP contribution in [0.25, 0.3) is 6.08 Å². The van der Waals surface area contributed by atoms with E-state index in [4.69, 9.17) is 10.7 Å². The minimum atomic E-state index is 0.660. The summed E-state index contributed by atoms with van der Waals surface area (Å²) in [4.78, 5) is 7.09.